The van der Waals surface area contributed by atoms with Gasteiger partial charge < -0.3 is 25.4 Å². The number of amides is 1. The maximum Gasteiger partial charge on any atom is 0.217 e. The van der Waals surface area contributed by atoms with E-state index in [9.17, 15) is 19.8 Å². The van der Waals surface area contributed by atoms with E-state index in [0.717, 1.165) is 0 Å². The van der Waals surface area contributed by atoms with Gasteiger partial charge in [-0.1, -0.05) is 0 Å². The summed E-state index contributed by atoms with van der Waals surface area (Å²) in [4.78, 5) is 20.8. The van der Waals surface area contributed by atoms with E-state index in [1.165, 1.54) is 13.8 Å². The minimum atomic E-state index is -1.62. The third-order valence-electron chi connectivity index (χ3n) is 1.75. The van der Waals surface area contributed by atoms with Crippen LogP contribution in [0.25, 0.3) is 0 Å². The highest BCUT2D eigenvalue weighted by molar-refractivity contribution is 5.73. The second-order valence-electron chi connectivity index (χ2n) is 3.08. The molecule has 0 fully saturated rings. The first-order chi connectivity index (χ1) is 6.40. The van der Waals surface area contributed by atoms with Crippen LogP contribution in [-0.2, 0) is 9.59 Å². The monoisotopic (exact) mass is 205 g/mol. The Balaban J connectivity index is 4.47. The second kappa shape index (κ2) is 5.69. The molecule has 4 atom stereocenters. The fraction of sp³-hybridized carbons (Fsp3) is 0.750. The Hall–Kier alpha value is -0.980. The molecule has 1 amide bonds. The predicted molar refractivity (Wildman–Crippen MR) is 47.4 cm³/mol. The first-order valence-corrected chi connectivity index (χ1v) is 4.16. The molecule has 0 aliphatic rings. The maximum absolute atomic E-state index is 10.7. The Morgan fingerprint density at radius 3 is 2.14 bits per heavy atom. The van der Waals surface area contributed by atoms with E-state index in [4.69, 9.17) is 5.11 Å². The number of carbonyl (C=O) groups excluding carboxylic acids is 2. The maximum atomic E-state index is 10.7. The molecule has 0 aliphatic heterocycles. The molecular weight excluding hydrogens is 190 g/mol. The summed E-state index contributed by atoms with van der Waals surface area (Å²) in [7, 11) is 0. The number of carbonyl (C=O) groups is 2. The Labute approximate surface area is 81.5 Å². The van der Waals surface area contributed by atoms with E-state index in [2.05, 4.69) is 5.32 Å². The van der Waals surface area contributed by atoms with E-state index >= 15 is 0 Å². The van der Waals surface area contributed by atoms with Gasteiger partial charge in [0.05, 0.1) is 12.1 Å². The zero-order valence-electron chi connectivity index (χ0n) is 8.04. The van der Waals surface area contributed by atoms with Gasteiger partial charge in [0.1, 0.15) is 12.2 Å². The number of hydrogen-bond donors (Lipinski definition) is 4. The molecule has 0 aromatic heterocycles. The molecule has 6 heteroatoms. The molecule has 0 aromatic rings. The van der Waals surface area contributed by atoms with Gasteiger partial charge in [-0.25, -0.2) is 0 Å². The van der Waals surface area contributed by atoms with Gasteiger partial charge in [0.2, 0.25) is 5.91 Å². The number of hydrogen-bond acceptors (Lipinski definition) is 5. The van der Waals surface area contributed by atoms with Gasteiger partial charge in [-0.3, -0.25) is 4.79 Å². The summed E-state index contributed by atoms with van der Waals surface area (Å²) in [6.07, 6.45) is -4.07. The van der Waals surface area contributed by atoms with Crippen LogP contribution in [-0.4, -0.2) is 51.9 Å². The average Bonchev–Trinajstić information content (AvgIpc) is 2.11. The van der Waals surface area contributed by atoms with Crippen LogP contribution < -0.4 is 5.32 Å². The molecule has 0 saturated carbocycles. The Morgan fingerprint density at radius 2 is 1.86 bits per heavy atom. The van der Waals surface area contributed by atoms with Crippen molar-refractivity contribution in [3.8, 4) is 0 Å². The molecule has 0 radical (unpaired) electrons. The Bertz CT molecular complexity index is 206. The van der Waals surface area contributed by atoms with Crippen molar-refractivity contribution in [2.45, 2.75) is 38.2 Å². The van der Waals surface area contributed by atoms with Crippen LogP contribution in [0.3, 0.4) is 0 Å². The predicted octanol–water partition coefficient (Wildman–Crippen LogP) is -2.21. The van der Waals surface area contributed by atoms with Crippen LogP contribution in [0.4, 0.5) is 0 Å². The highest BCUT2D eigenvalue weighted by atomic mass is 16.3. The highest BCUT2D eigenvalue weighted by Crippen LogP contribution is 2.03. The smallest absolute Gasteiger partial charge is 0.217 e. The molecule has 0 spiro atoms. The van der Waals surface area contributed by atoms with Crippen LogP contribution in [0.5, 0.6) is 0 Å². The normalized spacial score (nSPS) is 19.2. The van der Waals surface area contributed by atoms with Crippen molar-refractivity contribution in [3.05, 3.63) is 0 Å². The lowest BCUT2D eigenvalue weighted by molar-refractivity contribution is -0.128. The van der Waals surface area contributed by atoms with Crippen molar-refractivity contribution >= 4 is 12.2 Å². The van der Waals surface area contributed by atoms with Crippen LogP contribution >= 0.6 is 0 Å². The average molecular weight is 205 g/mol. The second-order valence-corrected chi connectivity index (χ2v) is 3.08. The summed E-state index contributed by atoms with van der Waals surface area (Å²) in [5.41, 5.74) is 0. The quantitative estimate of drug-likeness (QED) is 0.381. The Morgan fingerprint density at radius 1 is 1.36 bits per heavy atom. The van der Waals surface area contributed by atoms with E-state index in [-0.39, 0.29) is 6.29 Å². The van der Waals surface area contributed by atoms with Gasteiger partial charge in [0, 0.05) is 6.92 Å². The van der Waals surface area contributed by atoms with Crippen LogP contribution in [0.15, 0.2) is 0 Å². The number of aliphatic hydroxyl groups excluding tert-OH is 3. The molecular formula is C8H15NO5. The molecule has 14 heavy (non-hydrogen) atoms. The van der Waals surface area contributed by atoms with Gasteiger partial charge in [0.15, 0.2) is 6.29 Å². The molecule has 0 saturated heterocycles. The van der Waals surface area contributed by atoms with Crippen molar-refractivity contribution in [1.29, 1.82) is 0 Å². The van der Waals surface area contributed by atoms with Crippen molar-refractivity contribution in [2.24, 2.45) is 0 Å². The van der Waals surface area contributed by atoms with E-state index in [0.29, 0.717) is 0 Å². The molecule has 4 N–H and O–H groups in total. The Kier molecular flexibility index (Phi) is 5.29. The van der Waals surface area contributed by atoms with Crippen molar-refractivity contribution in [2.75, 3.05) is 0 Å². The molecule has 0 bridgehead atoms. The van der Waals surface area contributed by atoms with Gasteiger partial charge in [-0.2, -0.15) is 0 Å². The lowest BCUT2D eigenvalue weighted by atomic mass is 10.0. The third-order valence-corrected chi connectivity index (χ3v) is 1.75. The molecule has 0 rings (SSSR count). The fourth-order valence-electron chi connectivity index (χ4n) is 1.02. The van der Waals surface area contributed by atoms with E-state index < -0.39 is 30.3 Å². The molecule has 0 aromatic carbocycles. The zero-order valence-corrected chi connectivity index (χ0v) is 8.04. The van der Waals surface area contributed by atoms with Gasteiger partial charge in [-0.05, 0) is 6.92 Å². The summed E-state index contributed by atoms with van der Waals surface area (Å²) >= 11 is 0. The van der Waals surface area contributed by atoms with Crippen LogP contribution in [0.2, 0.25) is 0 Å². The SMILES string of the molecule is CC(=O)N[C@H]([C@@H](O)[C@@H](O)C=O)[C@H](C)O. The summed E-state index contributed by atoms with van der Waals surface area (Å²) in [5.74, 6) is -0.465. The zero-order chi connectivity index (χ0) is 11.3. The summed E-state index contributed by atoms with van der Waals surface area (Å²) in [6.45, 7) is 2.54. The largest absolute Gasteiger partial charge is 0.391 e. The molecule has 0 heterocycles. The minimum Gasteiger partial charge on any atom is -0.391 e. The first kappa shape index (κ1) is 13.0. The lowest BCUT2D eigenvalue weighted by Gasteiger charge is -2.27. The fourth-order valence-corrected chi connectivity index (χ4v) is 1.02. The lowest BCUT2D eigenvalue weighted by Crippen LogP contribution is -2.53. The third kappa shape index (κ3) is 3.82. The van der Waals surface area contributed by atoms with Crippen LogP contribution in [0, 0.1) is 0 Å². The van der Waals surface area contributed by atoms with Gasteiger partial charge in [-0.15, -0.1) is 0 Å². The topological polar surface area (TPSA) is 107 Å². The van der Waals surface area contributed by atoms with Crippen LogP contribution in [0.1, 0.15) is 13.8 Å². The van der Waals surface area contributed by atoms with Gasteiger partial charge in [0.25, 0.3) is 0 Å². The standard InChI is InChI=1S/C8H15NO5/c1-4(11)7(9-5(2)12)8(14)6(13)3-10/h3-4,6-8,11,13-14H,1-2H3,(H,9,12)/t4-,6-,7-,8-/m0/s1. The summed E-state index contributed by atoms with van der Waals surface area (Å²) in [5, 5.41) is 29.7. The van der Waals surface area contributed by atoms with Crippen molar-refractivity contribution < 1.29 is 24.9 Å². The molecule has 82 valence electrons. The van der Waals surface area contributed by atoms with E-state index in [1.807, 2.05) is 0 Å². The van der Waals surface area contributed by atoms with Crippen molar-refractivity contribution in [3.63, 3.8) is 0 Å². The minimum absolute atomic E-state index is 0.141. The summed E-state index contributed by atoms with van der Waals surface area (Å²) in [6, 6.07) is -1.06. The highest BCUT2D eigenvalue weighted by Gasteiger charge is 2.30. The van der Waals surface area contributed by atoms with E-state index in [1.54, 1.807) is 0 Å². The number of nitrogens with one attached hydrogen (secondary N) is 1. The number of rotatable bonds is 5. The number of aldehydes is 1. The van der Waals surface area contributed by atoms with Gasteiger partial charge >= 0.3 is 0 Å². The van der Waals surface area contributed by atoms with Crippen molar-refractivity contribution in [1.82, 2.24) is 5.32 Å². The molecule has 6 nitrogen and oxygen atoms in total. The summed E-state index contributed by atoms with van der Waals surface area (Å²) < 4.78 is 0. The first-order valence-electron chi connectivity index (χ1n) is 4.16. The number of aliphatic hydroxyl groups is 3. The molecule has 0 aliphatic carbocycles. The molecule has 0 unspecified atom stereocenters.